The normalized spacial score (nSPS) is 10.5. The van der Waals surface area contributed by atoms with Crippen LogP contribution >= 0.6 is 11.6 Å². The third-order valence-electron chi connectivity index (χ3n) is 4.54. The molecule has 0 bridgehead atoms. The summed E-state index contributed by atoms with van der Waals surface area (Å²) in [5.74, 6) is -1.52. The largest absolute Gasteiger partial charge is 0.484 e. The number of hydrazone groups is 1. The first kappa shape index (κ1) is 24.5. The zero-order valence-electron chi connectivity index (χ0n) is 18.2. The van der Waals surface area contributed by atoms with E-state index in [1.54, 1.807) is 48.5 Å². The molecule has 0 fully saturated rings. The zero-order valence-corrected chi connectivity index (χ0v) is 18.9. The summed E-state index contributed by atoms with van der Waals surface area (Å²) in [6.07, 6.45) is 2.12. The van der Waals surface area contributed by atoms with Gasteiger partial charge in [0.15, 0.2) is 6.61 Å². The van der Waals surface area contributed by atoms with Crippen LogP contribution in [0, 0.1) is 0 Å². The predicted molar refractivity (Wildman–Crippen MR) is 131 cm³/mol. The molecule has 34 heavy (non-hydrogen) atoms. The van der Waals surface area contributed by atoms with Crippen LogP contribution in [0.3, 0.4) is 0 Å². The van der Waals surface area contributed by atoms with Gasteiger partial charge in [0.2, 0.25) is 0 Å². The second kappa shape index (κ2) is 12.8. The highest BCUT2D eigenvalue weighted by atomic mass is 35.5. The van der Waals surface area contributed by atoms with E-state index in [1.165, 1.54) is 6.21 Å². The number of rotatable bonds is 9. The SMILES string of the molecule is O=C(COc1ccc(/C=N\NC(=O)C(=O)Nc2ccccc2Cl)cc1)NCCc1ccccc1. The first-order chi connectivity index (χ1) is 16.5. The Morgan fingerprint density at radius 2 is 1.59 bits per heavy atom. The number of carbonyl (C=O) groups excluding carboxylic acids is 3. The van der Waals surface area contributed by atoms with Gasteiger partial charge in [0.25, 0.3) is 5.91 Å². The molecule has 0 aliphatic carbocycles. The maximum absolute atomic E-state index is 11.9. The van der Waals surface area contributed by atoms with Crippen molar-refractivity contribution in [2.75, 3.05) is 18.5 Å². The minimum atomic E-state index is -0.936. The molecule has 0 atom stereocenters. The van der Waals surface area contributed by atoms with E-state index in [4.69, 9.17) is 16.3 Å². The molecule has 174 valence electrons. The molecule has 0 spiro atoms. The van der Waals surface area contributed by atoms with Crippen molar-refractivity contribution in [1.29, 1.82) is 0 Å². The first-order valence-electron chi connectivity index (χ1n) is 10.4. The maximum atomic E-state index is 11.9. The molecule has 3 aromatic carbocycles. The molecule has 9 heteroatoms. The number of hydrogen-bond acceptors (Lipinski definition) is 5. The number of halogens is 1. The molecular weight excluding hydrogens is 456 g/mol. The molecule has 0 aliphatic rings. The smallest absolute Gasteiger partial charge is 0.329 e. The van der Waals surface area contributed by atoms with Crippen LogP contribution in [0.2, 0.25) is 5.02 Å². The summed E-state index contributed by atoms with van der Waals surface area (Å²) in [5, 5.41) is 9.30. The van der Waals surface area contributed by atoms with E-state index in [0.29, 0.717) is 28.6 Å². The number of ether oxygens (including phenoxy) is 1. The van der Waals surface area contributed by atoms with Crippen molar-refractivity contribution in [2.45, 2.75) is 6.42 Å². The predicted octanol–water partition coefficient (Wildman–Crippen LogP) is 3.17. The Balaban J connectivity index is 1.37. The van der Waals surface area contributed by atoms with Gasteiger partial charge >= 0.3 is 11.8 Å². The lowest BCUT2D eigenvalue weighted by atomic mass is 10.1. The highest BCUT2D eigenvalue weighted by molar-refractivity contribution is 6.41. The Hall–Kier alpha value is -4.17. The molecule has 0 unspecified atom stereocenters. The molecule has 3 amide bonds. The van der Waals surface area contributed by atoms with Crippen molar-refractivity contribution in [3.63, 3.8) is 0 Å². The van der Waals surface area contributed by atoms with Crippen LogP contribution in [0.5, 0.6) is 5.75 Å². The van der Waals surface area contributed by atoms with Gasteiger partial charge in [0, 0.05) is 6.54 Å². The van der Waals surface area contributed by atoms with E-state index < -0.39 is 11.8 Å². The Labute approximate surface area is 202 Å². The topological polar surface area (TPSA) is 109 Å². The Bertz CT molecular complexity index is 1150. The molecular formula is C25H23ClN4O4. The standard InChI is InChI=1S/C25H23ClN4O4/c26-21-8-4-5-9-22(21)29-24(32)25(33)30-28-16-19-10-12-20(13-11-19)34-17-23(31)27-15-14-18-6-2-1-3-7-18/h1-13,16H,14-15,17H2,(H,27,31)(H,29,32)(H,30,33)/b28-16-. The van der Waals surface area contributed by atoms with Crippen LogP contribution in [-0.4, -0.2) is 37.1 Å². The minimum absolute atomic E-state index is 0.0984. The van der Waals surface area contributed by atoms with Crippen molar-refractivity contribution in [2.24, 2.45) is 5.10 Å². The summed E-state index contributed by atoms with van der Waals surface area (Å²) in [6.45, 7) is 0.433. The minimum Gasteiger partial charge on any atom is -0.484 e. The van der Waals surface area contributed by atoms with Crippen molar-refractivity contribution >= 4 is 41.2 Å². The number of nitrogens with zero attached hydrogens (tertiary/aromatic N) is 1. The van der Waals surface area contributed by atoms with Gasteiger partial charge in [-0.2, -0.15) is 5.10 Å². The molecule has 0 saturated carbocycles. The summed E-state index contributed by atoms with van der Waals surface area (Å²) in [4.78, 5) is 35.7. The van der Waals surface area contributed by atoms with Crippen molar-refractivity contribution in [1.82, 2.24) is 10.7 Å². The highest BCUT2D eigenvalue weighted by Crippen LogP contribution is 2.20. The summed E-state index contributed by atoms with van der Waals surface area (Å²) < 4.78 is 5.48. The number of benzene rings is 3. The fraction of sp³-hybridized carbons (Fsp3) is 0.120. The van der Waals surface area contributed by atoms with Crippen molar-refractivity contribution < 1.29 is 19.1 Å². The van der Waals surface area contributed by atoms with E-state index in [0.717, 1.165) is 12.0 Å². The molecule has 3 aromatic rings. The van der Waals surface area contributed by atoms with Crippen LogP contribution in [0.4, 0.5) is 5.69 Å². The molecule has 0 saturated heterocycles. The Morgan fingerprint density at radius 3 is 2.32 bits per heavy atom. The van der Waals surface area contributed by atoms with Crippen LogP contribution in [0.25, 0.3) is 0 Å². The Kier molecular flexibility index (Phi) is 9.19. The highest BCUT2D eigenvalue weighted by Gasteiger charge is 2.14. The lowest BCUT2D eigenvalue weighted by Crippen LogP contribution is -2.32. The lowest BCUT2D eigenvalue weighted by Gasteiger charge is -2.08. The van der Waals surface area contributed by atoms with Gasteiger partial charge in [-0.15, -0.1) is 0 Å². The fourth-order valence-electron chi connectivity index (χ4n) is 2.80. The Morgan fingerprint density at radius 1 is 0.882 bits per heavy atom. The maximum Gasteiger partial charge on any atom is 0.329 e. The van der Waals surface area contributed by atoms with Gasteiger partial charge in [-0.1, -0.05) is 54.1 Å². The van der Waals surface area contributed by atoms with Crippen LogP contribution in [-0.2, 0) is 20.8 Å². The summed E-state index contributed by atoms with van der Waals surface area (Å²) >= 11 is 5.95. The quantitative estimate of drug-likeness (QED) is 0.249. The fourth-order valence-corrected chi connectivity index (χ4v) is 2.98. The first-order valence-corrected chi connectivity index (χ1v) is 10.8. The monoisotopic (exact) mass is 478 g/mol. The molecule has 3 N–H and O–H groups in total. The number of amides is 3. The molecule has 0 radical (unpaired) electrons. The molecule has 0 aromatic heterocycles. The molecule has 0 aliphatic heterocycles. The summed E-state index contributed by atoms with van der Waals surface area (Å²) in [7, 11) is 0. The summed E-state index contributed by atoms with van der Waals surface area (Å²) in [6, 6.07) is 23.2. The van der Waals surface area contributed by atoms with Gasteiger partial charge in [0.1, 0.15) is 5.75 Å². The molecule has 0 heterocycles. The van der Waals surface area contributed by atoms with Crippen LogP contribution < -0.4 is 20.8 Å². The third kappa shape index (κ3) is 8.07. The van der Waals surface area contributed by atoms with E-state index in [9.17, 15) is 14.4 Å². The van der Waals surface area contributed by atoms with E-state index in [1.807, 2.05) is 30.3 Å². The van der Waals surface area contributed by atoms with Gasteiger partial charge in [0.05, 0.1) is 16.9 Å². The van der Waals surface area contributed by atoms with Crippen LogP contribution in [0.1, 0.15) is 11.1 Å². The number of para-hydroxylation sites is 1. The van der Waals surface area contributed by atoms with E-state index >= 15 is 0 Å². The third-order valence-corrected chi connectivity index (χ3v) is 4.87. The average Bonchev–Trinajstić information content (AvgIpc) is 2.85. The van der Waals surface area contributed by atoms with Gasteiger partial charge in [-0.25, -0.2) is 5.43 Å². The average molecular weight is 479 g/mol. The van der Waals surface area contributed by atoms with Gasteiger partial charge in [-0.3, -0.25) is 14.4 Å². The van der Waals surface area contributed by atoms with Crippen LogP contribution in [0.15, 0.2) is 84.0 Å². The second-order valence-electron chi connectivity index (χ2n) is 7.08. The van der Waals surface area contributed by atoms with Crippen molar-refractivity contribution in [3.8, 4) is 5.75 Å². The van der Waals surface area contributed by atoms with Gasteiger partial charge in [-0.05, 0) is 53.9 Å². The van der Waals surface area contributed by atoms with E-state index in [2.05, 4.69) is 21.2 Å². The van der Waals surface area contributed by atoms with E-state index in [-0.39, 0.29) is 12.5 Å². The molecule has 3 rings (SSSR count). The van der Waals surface area contributed by atoms with Gasteiger partial charge < -0.3 is 15.4 Å². The zero-order chi connectivity index (χ0) is 24.2. The number of carbonyl (C=O) groups is 3. The van der Waals surface area contributed by atoms with Crippen molar-refractivity contribution in [3.05, 3.63) is 95.0 Å². The number of hydrogen-bond donors (Lipinski definition) is 3. The second-order valence-corrected chi connectivity index (χ2v) is 7.48. The summed E-state index contributed by atoms with van der Waals surface area (Å²) in [5.41, 5.74) is 4.29. The lowest BCUT2D eigenvalue weighted by molar-refractivity contribution is -0.136. The number of nitrogens with one attached hydrogen (secondary N) is 3. The molecule has 8 nitrogen and oxygen atoms in total. The number of anilines is 1.